The summed E-state index contributed by atoms with van der Waals surface area (Å²) in [5.41, 5.74) is 5.63. The number of benzene rings is 1. The van der Waals surface area contributed by atoms with Gasteiger partial charge in [-0.2, -0.15) is 0 Å². The minimum Gasteiger partial charge on any atom is -0.508 e. The van der Waals surface area contributed by atoms with E-state index >= 15 is 0 Å². The number of rotatable bonds is 3. The maximum absolute atomic E-state index is 9.53. The van der Waals surface area contributed by atoms with Crippen molar-refractivity contribution in [3.63, 3.8) is 0 Å². The van der Waals surface area contributed by atoms with Gasteiger partial charge in [-0.1, -0.05) is 0 Å². The van der Waals surface area contributed by atoms with Crippen molar-refractivity contribution in [1.82, 2.24) is 0 Å². The van der Waals surface area contributed by atoms with Crippen LogP contribution in [0.4, 0.5) is 0 Å². The van der Waals surface area contributed by atoms with Crippen LogP contribution in [0.2, 0.25) is 0 Å². The molecule has 78 valence electrons. The van der Waals surface area contributed by atoms with E-state index in [1.165, 1.54) is 12.1 Å². The van der Waals surface area contributed by atoms with Gasteiger partial charge < -0.3 is 21.1 Å². The zero-order valence-electron chi connectivity index (χ0n) is 8.07. The molecule has 4 heteroatoms. The molecular formula is C10H15NO3. The van der Waals surface area contributed by atoms with E-state index in [1.54, 1.807) is 13.0 Å². The number of hydrogen-bond acceptors (Lipinski definition) is 4. The van der Waals surface area contributed by atoms with Gasteiger partial charge in [-0.15, -0.1) is 0 Å². The first kappa shape index (κ1) is 10.8. The number of aliphatic hydroxyl groups excluding tert-OH is 1. The van der Waals surface area contributed by atoms with Gasteiger partial charge in [0.05, 0.1) is 0 Å². The molecule has 0 unspecified atom stereocenters. The summed E-state index contributed by atoms with van der Waals surface area (Å²) in [5.74, 6) is -0.0606. The van der Waals surface area contributed by atoms with Crippen LogP contribution in [0.25, 0.3) is 0 Å². The highest BCUT2D eigenvalue weighted by molar-refractivity contribution is 5.42. The molecule has 0 aliphatic carbocycles. The lowest BCUT2D eigenvalue weighted by molar-refractivity contribution is 0.245. The fraction of sp³-hybridized carbons (Fsp3) is 0.400. The average molecular weight is 197 g/mol. The lowest BCUT2D eigenvalue weighted by Gasteiger charge is -2.25. The van der Waals surface area contributed by atoms with Crippen molar-refractivity contribution in [3.8, 4) is 11.5 Å². The molecule has 0 aromatic heterocycles. The van der Waals surface area contributed by atoms with Gasteiger partial charge in [-0.05, 0) is 25.5 Å². The minimum absolute atomic E-state index is 0.00829. The van der Waals surface area contributed by atoms with Crippen LogP contribution in [-0.4, -0.2) is 21.9 Å². The second kappa shape index (κ2) is 3.86. The van der Waals surface area contributed by atoms with E-state index in [0.717, 1.165) is 0 Å². The summed E-state index contributed by atoms with van der Waals surface area (Å²) in [5, 5.41) is 27.4. The Morgan fingerprint density at radius 2 is 2.00 bits per heavy atom. The maximum Gasteiger partial charge on any atom is 0.124 e. The summed E-state index contributed by atoms with van der Waals surface area (Å²) >= 11 is 0. The highest BCUT2D eigenvalue weighted by atomic mass is 16.3. The summed E-state index contributed by atoms with van der Waals surface area (Å²) in [6, 6.07) is 4.25. The number of phenolic OH excluding ortho intramolecular Hbond substituents is 2. The molecule has 0 amide bonds. The van der Waals surface area contributed by atoms with Crippen LogP contribution < -0.4 is 5.73 Å². The van der Waals surface area contributed by atoms with Crippen LogP contribution in [-0.2, 0) is 5.54 Å². The van der Waals surface area contributed by atoms with Gasteiger partial charge in [0.15, 0.2) is 0 Å². The molecular weight excluding hydrogens is 182 g/mol. The summed E-state index contributed by atoms with van der Waals surface area (Å²) in [6.45, 7) is 1.67. The number of aromatic hydroxyl groups is 2. The molecule has 4 nitrogen and oxygen atoms in total. The Morgan fingerprint density at radius 1 is 1.36 bits per heavy atom. The molecule has 1 aromatic rings. The first-order chi connectivity index (χ1) is 6.47. The smallest absolute Gasteiger partial charge is 0.124 e. The molecule has 0 heterocycles. The van der Waals surface area contributed by atoms with Gasteiger partial charge >= 0.3 is 0 Å². The second-order valence-corrected chi connectivity index (χ2v) is 3.59. The van der Waals surface area contributed by atoms with Crippen molar-refractivity contribution in [2.24, 2.45) is 5.73 Å². The largest absolute Gasteiger partial charge is 0.508 e. The molecule has 0 fully saturated rings. The van der Waals surface area contributed by atoms with Gasteiger partial charge in [0.25, 0.3) is 0 Å². The van der Waals surface area contributed by atoms with Gasteiger partial charge in [0.1, 0.15) is 11.5 Å². The zero-order valence-corrected chi connectivity index (χ0v) is 8.07. The third kappa shape index (κ3) is 2.16. The predicted molar refractivity (Wildman–Crippen MR) is 53.0 cm³/mol. The fourth-order valence-electron chi connectivity index (χ4n) is 1.37. The zero-order chi connectivity index (χ0) is 10.8. The highest BCUT2D eigenvalue weighted by Gasteiger charge is 2.23. The Balaban J connectivity index is 3.06. The molecule has 0 radical (unpaired) electrons. The third-order valence-corrected chi connectivity index (χ3v) is 2.23. The summed E-state index contributed by atoms with van der Waals surface area (Å²) in [4.78, 5) is 0. The molecule has 0 aliphatic heterocycles. The van der Waals surface area contributed by atoms with Crippen molar-refractivity contribution in [2.45, 2.75) is 18.9 Å². The molecule has 1 aromatic carbocycles. The van der Waals surface area contributed by atoms with Gasteiger partial charge in [-0.25, -0.2) is 0 Å². The second-order valence-electron chi connectivity index (χ2n) is 3.59. The first-order valence-corrected chi connectivity index (χ1v) is 4.39. The van der Waals surface area contributed by atoms with E-state index in [-0.39, 0.29) is 18.1 Å². The molecule has 0 saturated heterocycles. The van der Waals surface area contributed by atoms with E-state index in [4.69, 9.17) is 15.9 Å². The Hall–Kier alpha value is -1.26. The molecule has 1 rings (SSSR count). The van der Waals surface area contributed by atoms with Gasteiger partial charge in [-0.3, -0.25) is 0 Å². The minimum atomic E-state index is -0.785. The SMILES string of the molecule is C[C@](N)(CCO)c1ccc(O)cc1O. The number of hydrogen-bond donors (Lipinski definition) is 4. The summed E-state index contributed by atoms with van der Waals surface area (Å²) in [6.07, 6.45) is 0.353. The van der Waals surface area contributed by atoms with Crippen molar-refractivity contribution < 1.29 is 15.3 Å². The topological polar surface area (TPSA) is 86.7 Å². The van der Waals surface area contributed by atoms with Crippen LogP contribution in [0.15, 0.2) is 18.2 Å². The van der Waals surface area contributed by atoms with E-state index in [9.17, 15) is 5.11 Å². The Morgan fingerprint density at radius 3 is 2.50 bits per heavy atom. The normalized spacial score (nSPS) is 15.1. The average Bonchev–Trinajstić information content (AvgIpc) is 2.02. The molecule has 0 spiro atoms. The van der Waals surface area contributed by atoms with Gasteiger partial charge in [0, 0.05) is 23.8 Å². The van der Waals surface area contributed by atoms with E-state index in [1.807, 2.05) is 0 Å². The monoisotopic (exact) mass is 197 g/mol. The molecule has 14 heavy (non-hydrogen) atoms. The lowest BCUT2D eigenvalue weighted by Crippen LogP contribution is -2.34. The van der Waals surface area contributed by atoms with Crippen LogP contribution in [0.1, 0.15) is 18.9 Å². The maximum atomic E-state index is 9.53. The standard InChI is InChI=1S/C10H15NO3/c1-10(11,4-5-12)8-3-2-7(13)6-9(8)14/h2-3,6,12-14H,4-5,11H2,1H3/t10-/m0/s1. The van der Waals surface area contributed by atoms with Crippen molar-refractivity contribution in [3.05, 3.63) is 23.8 Å². The van der Waals surface area contributed by atoms with E-state index in [0.29, 0.717) is 12.0 Å². The Bertz CT molecular complexity index is 323. The Labute approximate surface area is 82.6 Å². The molecule has 0 bridgehead atoms. The number of aliphatic hydroxyl groups is 1. The highest BCUT2D eigenvalue weighted by Crippen LogP contribution is 2.31. The molecule has 1 atom stereocenters. The molecule has 0 saturated carbocycles. The lowest BCUT2D eigenvalue weighted by atomic mass is 9.89. The van der Waals surface area contributed by atoms with Crippen molar-refractivity contribution in [2.75, 3.05) is 6.61 Å². The number of phenols is 2. The van der Waals surface area contributed by atoms with Crippen LogP contribution in [0.3, 0.4) is 0 Å². The Kier molecular flexibility index (Phi) is 2.98. The van der Waals surface area contributed by atoms with Crippen molar-refractivity contribution >= 4 is 0 Å². The first-order valence-electron chi connectivity index (χ1n) is 4.39. The summed E-state index contributed by atoms with van der Waals surface area (Å²) in [7, 11) is 0. The van der Waals surface area contributed by atoms with Gasteiger partial charge in [0.2, 0.25) is 0 Å². The van der Waals surface area contributed by atoms with Crippen LogP contribution in [0.5, 0.6) is 11.5 Å². The molecule has 0 aliphatic rings. The van der Waals surface area contributed by atoms with E-state index < -0.39 is 5.54 Å². The summed E-state index contributed by atoms with van der Waals surface area (Å²) < 4.78 is 0. The predicted octanol–water partition coefficient (Wildman–Crippen LogP) is 0.654. The quantitative estimate of drug-likeness (QED) is 0.573. The fourth-order valence-corrected chi connectivity index (χ4v) is 1.37. The molecule has 5 N–H and O–H groups in total. The van der Waals surface area contributed by atoms with E-state index in [2.05, 4.69) is 0 Å². The third-order valence-electron chi connectivity index (χ3n) is 2.23. The van der Waals surface area contributed by atoms with Crippen LogP contribution in [0, 0.1) is 0 Å². The van der Waals surface area contributed by atoms with Crippen molar-refractivity contribution in [1.29, 1.82) is 0 Å². The number of nitrogens with two attached hydrogens (primary N) is 1. The van der Waals surface area contributed by atoms with Crippen LogP contribution >= 0.6 is 0 Å².